The van der Waals surface area contributed by atoms with Crippen molar-refractivity contribution in [2.24, 2.45) is 0 Å². The summed E-state index contributed by atoms with van der Waals surface area (Å²) in [6, 6.07) is 15.1. The molecule has 2 aromatic rings. The summed E-state index contributed by atoms with van der Waals surface area (Å²) in [6.07, 6.45) is -0.424. The first-order valence-electron chi connectivity index (χ1n) is 10.2. The molecule has 0 spiro atoms. The van der Waals surface area contributed by atoms with E-state index in [-0.39, 0.29) is 17.5 Å². The van der Waals surface area contributed by atoms with Crippen LogP contribution in [0.2, 0.25) is 0 Å². The van der Waals surface area contributed by atoms with Gasteiger partial charge in [-0.2, -0.15) is 0 Å². The van der Waals surface area contributed by atoms with Gasteiger partial charge in [-0.05, 0) is 43.3 Å². The number of anilines is 1. The number of ether oxygens (including phenoxy) is 1. The van der Waals surface area contributed by atoms with Crippen molar-refractivity contribution in [2.45, 2.75) is 13.0 Å². The third kappa shape index (κ3) is 4.14. The second kappa shape index (κ2) is 8.59. The number of cyclic esters (lactones) is 1. The lowest BCUT2D eigenvalue weighted by atomic mass is 10.1. The Morgan fingerprint density at radius 1 is 0.903 bits per heavy atom. The molecule has 2 aliphatic heterocycles. The predicted octanol–water partition coefficient (Wildman–Crippen LogP) is 2.20. The molecule has 160 valence electrons. The van der Waals surface area contributed by atoms with Gasteiger partial charge < -0.3 is 14.5 Å². The normalized spacial score (nSPS) is 18.7. The van der Waals surface area contributed by atoms with Crippen LogP contribution in [-0.4, -0.2) is 72.3 Å². The highest BCUT2D eigenvalue weighted by Crippen LogP contribution is 2.20. The minimum atomic E-state index is -0.606. The minimum Gasteiger partial charge on any atom is -0.447 e. The fourth-order valence-corrected chi connectivity index (χ4v) is 3.88. The van der Waals surface area contributed by atoms with Gasteiger partial charge in [-0.25, -0.2) is 4.79 Å². The predicted molar refractivity (Wildman–Crippen MR) is 113 cm³/mol. The molecule has 0 N–H and O–H groups in total. The molecule has 2 heterocycles. The van der Waals surface area contributed by atoms with E-state index in [1.165, 1.54) is 9.80 Å². The molecular weight excluding hydrogens is 398 g/mol. The number of benzene rings is 2. The summed E-state index contributed by atoms with van der Waals surface area (Å²) in [4.78, 5) is 54.6. The zero-order chi connectivity index (χ0) is 22.0. The van der Waals surface area contributed by atoms with E-state index in [0.717, 1.165) is 0 Å². The molecule has 8 heteroatoms. The van der Waals surface area contributed by atoms with E-state index in [0.29, 0.717) is 44.0 Å². The number of nitrogens with zero attached hydrogens (tertiary/aromatic N) is 3. The van der Waals surface area contributed by atoms with E-state index in [1.807, 2.05) is 25.1 Å². The van der Waals surface area contributed by atoms with Crippen molar-refractivity contribution in [3.8, 4) is 0 Å². The molecule has 2 saturated heterocycles. The number of carbonyl (C=O) groups is 4. The highest BCUT2D eigenvalue weighted by Gasteiger charge is 2.33. The Balaban J connectivity index is 1.40. The van der Waals surface area contributed by atoms with Crippen LogP contribution in [0.15, 0.2) is 54.6 Å². The molecule has 3 amide bonds. The largest absolute Gasteiger partial charge is 0.447 e. The van der Waals surface area contributed by atoms with E-state index >= 15 is 0 Å². The van der Waals surface area contributed by atoms with Crippen LogP contribution >= 0.6 is 0 Å². The first-order valence-corrected chi connectivity index (χ1v) is 10.2. The summed E-state index contributed by atoms with van der Waals surface area (Å²) in [5.74, 6) is -1.28. The zero-order valence-electron chi connectivity index (χ0n) is 17.2. The monoisotopic (exact) mass is 421 g/mol. The highest BCUT2D eigenvalue weighted by atomic mass is 16.6. The average Bonchev–Trinajstić information content (AvgIpc) is 3.24. The Morgan fingerprint density at radius 3 is 2.23 bits per heavy atom. The molecule has 0 saturated carbocycles. The van der Waals surface area contributed by atoms with Gasteiger partial charge in [-0.3, -0.25) is 19.3 Å². The van der Waals surface area contributed by atoms with Crippen molar-refractivity contribution in [3.63, 3.8) is 0 Å². The van der Waals surface area contributed by atoms with Crippen LogP contribution in [0.5, 0.6) is 0 Å². The maximum atomic E-state index is 12.8. The summed E-state index contributed by atoms with van der Waals surface area (Å²) in [7, 11) is 0. The van der Waals surface area contributed by atoms with Gasteiger partial charge in [0.25, 0.3) is 11.8 Å². The van der Waals surface area contributed by atoms with Crippen molar-refractivity contribution in [1.82, 2.24) is 9.80 Å². The van der Waals surface area contributed by atoms with E-state index in [4.69, 9.17) is 4.74 Å². The standard InChI is InChI=1S/C23H23N3O5/c1-16-15-24(21(28)18-5-3-2-4-6-18)11-12-25(16)22(29)20(27)17-7-9-19(10-8-17)26-13-14-31-23(26)30/h2-10,16H,11-15H2,1H3. The second-order valence-electron chi connectivity index (χ2n) is 7.61. The van der Waals surface area contributed by atoms with E-state index < -0.39 is 17.8 Å². The van der Waals surface area contributed by atoms with Gasteiger partial charge in [-0.15, -0.1) is 0 Å². The number of hydrogen-bond acceptors (Lipinski definition) is 5. The van der Waals surface area contributed by atoms with Crippen LogP contribution in [0.3, 0.4) is 0 Å². The SMILES string of the molecule is CC1CN(C(=O)c2ccccc2)CCN1C(=O)C(=O)c1ccc(N2CCOC2=O)cc1. The van der Waals surface area contributed by atoms with Crippen LogP contribution < -0.4 is 4.90 Å². The van der Waals surface area contributed by atoms with Crippen LogP contribution in [0.25, 0.3) is 0 Å². The van der Waals surface area contributed by atoms with Gasteiger partial charge >= 0.3 is 6.09 Å². The third-order valence-corrected chi connectivity index (χ3v) is 5.59. The number of amides is 3. The smallest absolute Gasteiger partial charge is 0.414 e. The number of carbonyl (C=O) groups excluding carboxylic acids is 4. The number of hydrogen-bond donors (Lipinski definition) is 0. The fourth-order valence-electron chi connectivity index (χ4n) is 3.88. The third-order valence-electron chi connectivity index (χ3n) is 5.59. The minimum absolute atomic E-state index is 0.0816. The maximum Gasteiger partial charge on any atom is 0.414 e. The van der Waals surface area contributed by atoms with E-state index in [9.17, 15) is 19.2 Å². The first-order chi connectivity index (χ1) is 15.0. The molecule has 2 aromatic carbocycles. The topological polar surface area (TPSA) is 87.2 Å². The zero-order valence-corrected chi connectivity index (χ0v) is 17.2. The molecule has 8 nitrogen and oxygen atoms in total. The first kappa shape index (κ1) is 20.6. The number of piperazine rings is 1. The summed E-state index contributed by atoms with van der Waals surface area (Å²) in [5.41, 5.74) is 1.48. The van der Waals surface area contributed by atoms with Gasteiger partial charge in [0.05, 0.1) is 6.54 Å². The van der Waals surface area contributed by atoms with Crippen LogP contribution in [0, 0.1) is 0 Å². The van der Waals surface area contributed by atoms with Gasteiger partial charge in [0.2, 0.25) is 5.78 Å². The number of ketones is 1. The molecule has 2 aliphatic rings. The van der Waals surface area contributed by atoms with Crippen molar-refractivity contribution >= 4 is 29.4 Å². The Bertz CT molecular complexity index is 1010. The van der Waals surface area contributed by atoms with Gasteiger partial charge in [0, 0.05) is 42.5 Å². The van der Waals surface area contributed by atoms with Crippen molar-refractivity contribution in [3.05, 3.63) is 65.7 Å². The van der Waals surface area contributed by atoms with Crippen LogP contribution in [0.1, 0.15) is 27.6 Å². The van der Waals surface area contributed by atoms with E-state index in [2.05, 4.69) is 0 Å². The molecule has 1 unspecified atom stereocenters. The molecular formula is C23H23N3O5. The molecule has 0 aliphatic carbocycles. The second-order valence-corrected chi connectivity index (χ2v) is 7.61. The number of rotatable bonds is 4. The Hall–Kier alpha value is -3.68. The molecule has 0 aromatic heterocycles. The lowest BCUT2D eigenvalue weighted by Crippen LogP contribution is -2.56. The lowest BCUT2D eigenvalue weighted by molar-refractivity contribution is -0.130. The maximum absolute atomic E-state index is 12.8. The fraction of sp³-hybridized carbons (Fsp3) is 0.304. The van der Waals surface area contributed by atoms with Crippen LogP contribution in [0.4, 0.5) is 10.5 Å². The summed E-state index contributed by atoms with van der Waals surface area (Å²) in [5, 5.41) is 0. The van der Waals surface area contributed by atoms with Crippen molar-refractivity contribution < 1.29 is 23.9 Å². The van der Waals surface area contributed by atoms with Gasteiger partial charge in [-0.1, -0.05) is 18.2 Å². The van der Waals surface area contributed by atoms with Crippen LogP contribution in [-0.2, 0) is 9.53 Å². The van der Waals surface area contributed by atoms with Gasteiger partial charge in [0.1, 0.15) is 6.61 Å². The quantitative estimate of drug-likeness (QED) is 0.558. The van der Waals surface area contributed by atoms with Crippen molar-refractivity contribution in [1.29, 1.82) is 0 Å². The Morgan fingerprint density at radius 2 is 1.61 bits per heavy atom. The van der Waals surface area contributed by atoms with Gasteiger partial charge in [0.15, 0.2) is 0 Å². The molecule has 31 heavy (non-hydrogen) atoms. The summed E-state index contributed by atoms with van der Waals surface area (Å²) >= 11 is 0. The number of Topliss-reactive ketones (excluding diaryl/α,β-unsaturated/α-hetero) is 1. The summed E-state index contributed by atoms with van der Waals surface area (Å²) in [6.45, 7) is 3.64. The molecule has 1 atom stereocenters. The Kier molecular flexibility index (Phi) is 5.70. The van der Waals surface area contributed by atoms with E-state index in [1.54, 1.807) is 41.3 Å². The molecule has 2 fully saturated rings. The molecule has 0 bridgehead atoms. The summed E-state index contributed by atoms with van der Waals surface area (Å²) < 4.78 is 4.91. The average molecular weight is 421 g/mol. The Labute approximate surface area is 180 Å². The van der Waals surface area contributed by atoms with Crippen molar-refractivity contribution in [2.75, 3.05) is 37.7 Å². The molecule has 0 radical (unpaired) electrons. The highest BCUT2D eigenvalue weighted by molar-refractivity contribution is 6.42. The molecule has 4 rings (SSSR count). The lowest BCUT2D eigenvalue weighted by Gasteiger charge is -2.39.